The first kappa shape index (κ1) is 11.2. The van der Waals surface area contributed by atoms with Crippen molar-refractivity contribution in [3.8, 4) is 0 Å². The van der Waals surface area contributed by atoms with Gasteiger partial charge in [-0.25, -0.2) is 0 Å². The van der Waals surface area contributed by atoms with Crippen molar-refractivity contribution in [2.75, 3.05) is 0 Å². The molecule has 80 valence electrons. The van der Waals surface area contributed by atoms with E-state index in [2.05, 4.69) is 0 Å². The first-order valence-electron chi connectivity index (χ1n) is 4.54. The third-order valence-electron chi connectivity index (χ3n) is 2.41. The van der Waals surface area contributed by atoms with Crippen molar-refractivity contribution >= 4 is 11.9 Å². The van der Waals surface area contributed by atoms with Gasteiger partial charge >= 0.3 is 5.97 Å². The normalized spacial score (nSPS) is 14.2. The van der Waals surface area contributed by atoms with E-state index in [1.54, 1.807) is 30.3 Å². The van der Waals surface area contributed by atoms with Crippen LogP contribution in [0.15, 0.2) is 30.3 Å². The molecular weight excluding hydrogens is 194 g/mol. The van der Waals surface area contributed by atoms with Gasteiger partial charge in [-0.3, -0.25) is 9.59 Å². The predicted octanol–water partition coefficient (Wildman–Crippen LogP) is 0.904. The summed E-state index contributed by atoms with van der Waals surface area (Å²) in [6, 6.07) is 8.61. The second kappa shape index (κ2) is 4.13. The molecule has 0 saturated carbocycles. The Morgan fingerprint density at radius 1 is 1.33 bits per heavy atom. The molecule has 0 aromatic heterocycles. The summed E-state index contributed by atoms with van der Waals surface area (Å²) in [6.07, 6.45) is -0.202. The fourth-order valence-electron chi connectivity index (χ4n) is 1.46. The zero-order valence-corrected chi connectivity index (χ0v) is 8.43. The Balaban J connectivity index is 3.13. The van der Waals surface area contributed by atoms with E-state index in [1.165, 1.54) is 6.92 Å². The van der Waals surface area contributed by atoms with Crippen molar-refractivity contribution < 1.29 is 14.7 Å². The van der Waals surface area contributed by atoms with Crippen molar-refractivity contribution in [3.05, 3.63) is 35.9 Å². The Kier molecular flexibility index (Phi) is 3.09. The van der Waals surface area contributed by atoms with E-state index < -0.39 is 17.3 Å². The number of hydrogen-bond donors (Lipinski definition) is 2. The van der Waals surface area contributed by atoms with E-state index in [-0.39, 0.29) is 6.42 Å². The van der Waals surface area contributed by atoms with Crippen LogP contribution in [0, 0.1) is 0 Å². The topological polar surface area (TPSA) is 80.4 Å². The summed E-state index contributed by atoms with van der Waals surface area (Å²) in [4.78, 5) is 22.0. The largest absolute Gasteiger partial charge is 0.481 e. The first-order valence-corrected chi connectivity index (χ1v) is 4.54. The van der Waals surface area contributed by atoms with Gasteiger partial charge in [-0.1, -0.05) is 30.3 Å². The second-order valence-electron chi connectivity index (χ2n) is 3.65. The van der Waals surface area contributed by atoms with Crippen molar-refractivity contribution in [1.29, 1.82) is 0 Å². The zero-order chi connectivity index (χ0) is 11.5. The molecule has 0 radical (unpaired) electrons. The second-order valence-corrected chi connectivity index (χ2v) is 3.65. The predicted molar refractivity (Wildman–Crippen MR) is 55.2 cm³/mol. The Morgan fingerprint density at radius 3 is 2.27 bits per heavy atom. The van der Waals surface area contributed by atoms with Gasteiger partial charge in [0.25, 0.3) is 0 Å². The SMILES string of the molecule is CC(CC(N)=O)(C(=O)O)c1ccccc1. The van der Waals surface area contributed by atoms with Gasteiger partial charge in [-0.15, -0.1) is 0 Å². The van der Waals surface area contributed by atoms with Crippen molar-refractivity contribution in [3.63, 3.8) is 0 Å². The molecule has 15 heavy (non-hydrogen) atoms. The summed E-state index contributed by atoms with van der Waals surface area (Å²) >= 11 is 0. The number of carbonyl (C=O) groups excluding carboxylic acids is 1. The van der Waals surface area contributed by atoms with Gasteiger partial charge in [0.05, 0.1) is 5.41 Å². The summed E-state index contributed by atoms with van der Waals surface area (Å²) in [7, 11) is 0. The lowest BCUT2D eigenvalue weighted by molar-refractivity contribution is -0.145. The lowest BCUT2D eigenvalue weighted by Crippen LogP contribution is -2.36. The van der Waals surface area contributed by atoms with E-state index >= 15 is 0 Å². The monoisotopic (exact) mass is 207 g/mol. The number of benzene rings is 1. The van der Waals surface area contributed by atoms with Crippen LogP contribution in [0.25, 0.3) is 0 Å². The third kappa shape index (κ3) is 2.34. The highest BCUT2D eigenvalue weighted by molar-refractivity contribution is 5.88. The average Bonchev–Trinajstić information content (AvgIpc) is 2.17. The van der Waals surface area contributed by atoms with Gasteiger partial charge < -0.3 is 10.8 Å². The molecule has 3 N–H and O–H groups in total. The number of hydrogen-bond acceptors (Lipinski definition) is 2. The van der Waals surface area contributed by atoms with E-state index in [4.69, 9.17) is 10.8 Å². The molecule has 0 aliphatic rings. The number of aliphatic carboxylic acids is 1. The molecule has 0 heterocycles. The Hall–Kier alpha value is -1.84. The van der Waals surface area contributed by atoms with Crippen LogP contribution in [0.1, 0.15) is 18.9 Å². The highest BCUT2D eigenvalue weighted by atomic mass is 16.4. The molecular formula is C11H13NO3. The molecule has 1 atom stereocenters. The maximum absolute atomic E-state index is 11.1. The van der Waals surface area contributed by atoms with Gasteiger partial charge in [0.2, 0.25) is 5.91 Å². The quantitative estimate of drug-likeness (QED) is 0.769. The first-order chi connectivity index (χ1) is 6.97. The lowest BCUT2D eigenvalue weighted by atomic mass is 9.79. The molecule has 0 saturated heterocycles. The number of rotatable bonds is 4. The smallest absolute Gasteiger partial charge is 0.314 e. The molecule has 1 aromatic rings. The van der Waals surface area contributed by atoms with Crippen molar-refractivity contribution in [2.45, 2.75) is 18.8 Å². The van der Waals surface area contributed by atoms with E-state index in [1.807, 2.05) is 0 Å². The van der Waals surface area contributed by atoms with Gasteiger partial charge in [-0.2, -0.15) is 0 Å². The molecule has 0 fully saturated rings. The lowest BCUT2D eigenvalue weighted by Gasteiger charge is -2.23. The van der Waals surface area contributed by atoms with Crippen LogP contribution >= 0.6 is 0 Å². The number of primary amides is 1. The van der Waals surface area contributed by atoms with E-state index in [0.717, 1.165) is 0 Å². The summed E-state index contributed by atoms with van der Waals surface area (Å²) in [5.41, 5.74) is 4.39. The number of amides is 1. The molecule has 1 rings (SSSR count). The van der Waals surface area contributed by atoms with Crippen LogP contribution in [0.5, 0.6) is 0 Å². The molecule has 0 bridgehead atoms. The average molecular weight is 207 g/mol. The molecule has 1 unspecified atom stereocenters. The maximum Gasteiger partial charge on any atom is 0.314 e. The maximum atomic E-state index is 11.1. The van der Waals surface area contributed by atoms with Crippen LogP contribution in [0.4, 0.5) is 0 Å². The molecule has 4 nitrogen and oxygen atoms in total. The van der Waals surface area contributed by atoms with Crippen LogP contribution in [0.3, 0.4) is 0 Å². The third-order valence-corrected chi connectivity index (χ3v) is 2.41. The fraction of sp³-hybridized carbons (Fsp3) is 0.273. The summed E-state index contributed by atoms with van der Waals surface area (Å²) < 4.78 is 0. The minimum Gasteiger partial charge on any atom is -0.481 e. The van der Waals surface area contributed by atoms with E-state index in [9.17, 15) is 9.59 Å². The van der Waals surface area contributed by atoms with Crippen LogP contribution in [-0.2, 0) is 15.0 Å². The summed E-state index contributed by atoms with van der Waals surface area (Å²) in [6.45, 7) is 1.50. The van der Waals surface area contributed by atoms with Gasteiger partial charge in [-0.05, 0) is 12.5 Å². The highest BCUT2D eigenvalue weighted by Gasteiger charge is 2.36. The van der Waals surface area contributed by atoms with Crippen molar-refractivity contribution in [2.24, 2.45) is 5.73 Å². The minimum atomic E-state index is -1.24. The van der Waals surface area contributed by atoms with Gasteiger partial charge in [0.15, 0.2) is 0 Å². The zero-order valence-electron chi connectivity index (χ0n) is 8.43. The van der Waals surface area contributed by atoms with Crippen LogP contribution in [-0.4, -0.2) is 17.0 Å². The van der Waals surface area contributed by atoms with Crippen LogP contribution < -0.4 is 5.73 Å². The molecule has 4 heteroatoms. The Bertz CT molecular complexity index is 375. The van der Waals surface area contributed by atoms with E-state index in [0.29, 0.717) is 5.56 Å². The molecule has 0 spiro atoms. The summed E-state index contributed by atoms with van der Waals surface area (Å²) in [5.74, 6) is -1.67. The number of carboxylic acid groups (broad SMARTS) is 1. The molecule has 0 aliphatic carbocycles. The van der Waals surface area contributed by atoms with Crippen LogP contribution in [0.2, 0.25) is 0 Å². The Morgan fingerprint density at radius 2 is 1.87 bits per heavy atom. The molecule has 1 amide bonds. The minimum absolute atomic E-state index is 0.202. The molecule has 1 aromatic carbocycles. The highest BCUT2D eigenvalue weighted by Crippen LogP contribution is 2.27. The Labute approximate surface area is 87.7 Å². The van der Waals surface area contributed by atoms with Gasteiger partial charge in [0, 0.05) is 6.42 Å². The fourth-order valence-corrected chi connectivity index (χ4v) is 1.46. The van der Waals surface area contributed by atoms with Crippen molar-refractivity contribution in [1.82, 2.24) is 0 Å². The summed E-state index contributed by atoms with van der Waals surface area (Å²) in [5, 5.41) is 9.13. The standard InChI is InChI=1S/C11H13NO3/c1-11(10(14)15,7-9(12)13)8-5-3-2-4-6-8/h2-6H,7H2,1H3,(H2,12,13)(H,14,15). The molecule has 0 aliphatic heterocycles. The number of nitrogens with two attached hydrogens (primary N) is 1. The number of carbonyl (C=O) groups is 2. The number of carboxylic acids is 1. The van der Waals surface area contributed by atoms with Gasteiger partial charge in [0.1, 0.15) is 0 Å².